The maximum atomic E-state index is 10.7. The van der Waals surface area contributed by atoms with Crippen molar-refractivity contribution in [3.8, 4) is 5.75 Å². The SMILES string of the molecule is CCc1ccccc1/C(=C\CSc1ccc(OCC(=O)O)cc1Br)c1ccccc1. The van der Waals surface area contributed by atoms with Crippen LogP contribution in [0.2, 0.25) is 0 Å². The van der Waals surface area contributed by atoms with E-state index in [4.69, 9.17) is 9.84 Å². The van der Waals surface area contributed by atoms with Crippen LogP contribution >= 0.6 is 27.7 Å². The molecule has 0 saturated heterocycles. The van der Waals surface area contributed by atoms with Gasteiger partial charge in [0.05, 0.1) is 0 Å². The van der Waals surface area contributed by atoms with Crippen LogP contribution < -0.4 is 4.74 Å². The van der Waals surface area contributed by atoms with Crippen LogP contribution in [-0.4, -0.2) is 23.4 Å². The van der Waals surface area contributed by atoms with Crippen LogP contribution in [-0.2, 0) is 11.2 Å². The Hall–Kier alpha value is -2.50. The number of aliphatic carboxylic acids is 1. The highest BCUT2D eigenvalue weighted by atomic mass is 79.9. The lowest BCUT2D eigenvalue weighted by Crippen LogP contribution is -2.09. The van der Waals surface area contributed by atoms with E-state index in [1.165, 1.54) is 22.3 Å². The second-order valence-corrected chi connectivity index (χ2v) is 8.50. The first-order valence-electron chi connectivity index (χ1n) is 9.69. The van der Waals surface area contributed by atoms with Gasteiger partial charge in [0.15, 0.2) is 6.61 Å². The maximum Gasteiger partial charge on any atom is 0.341 e. The highest BCUT2D eigenvalue weighted by molar-refractivity contribution is 9.10. The van der Waals surface area contributed by atoms with Crippen molar-refractivity contribution in [1.82, 2.24) is 0 Å². The summed E-state index contributed by atoms with van der Waals surface area (Å²) in [7, 11) is 0. The van der Waals surface area contributed by atoms with Gasteiger partial charge in [0.25, 0.3) is 0 Å². The van der Waals surface area contributed by atoms with Crippen LogP contribution in [0.15, 0.2) is 88.2 Å². The molecule has 154 valence electrons. The predicted molar refractivity (Wildman–Crippen MR) is 127 cm³/mol. The molecule has 0 saturated carbocycles. The number of benzene rings is 3. The molecular formula is C25H23BrO3S. The molecule has 0 spiro atoms. The molecule has 0 heterocycles. The van der Waals surface area contributed by atoms with Crippen molar-refractivity contribution in [2.45, 2.75) is 18.2 Å². The first-order chi connectivity index (χ1) is 14.6. The van der Waals surface area contributed by atoms with Crippen molar-refractivity contribution >= 4 is 39.2 Å². The summed E-state index contributed by atoms with van der Waals surface area (Å²) in [5.41, 5.74) is 5.04. The number of hydrogen-bond donors (Lipinski definition) is 1. The van der Waals surface area contributed by atoms with E-state index >= 15 is 0 Å². The minimum absolute atomic E-state index is 0.348. The third-order valence-corrected chi connectivity index (χ3v) is 6.48. The summed E-state index contributed by atoms with van der Waals surface area (Å²) in [6.45, 7) is 1.83. The van der Waals surface area contributed by atoms with Crippen molar-refractivity contribution in [2.75, 3.05) is 12.4 Å². The molecular weight excluding hydrogens is 460 g/mol. The van der Waals surface area contributed by atoms with Crippen molar-refractivity contribution in [3.05, 3.63) is 100 Å². The summed E-state index contributed by atoms with van der Waals surface area (Å²) >= 11 is 5.28. The number of ether oxygens (including phenoxy) is 1. The summed E-state index contributed by atoms with van der Waals surface area (Å²) in [6, 6.07) is 24.6. The molecule has 3 aromatic rings. The standard InChI is InChI=1S/C25H23BrO3S/c1-2-18-8-6-7-11-21(18)22(19-9-4-3-5-10-19)14-15-30-24-13-12-20(16-23(24)26)29-17-25(27)28/h3-14,16H,2,15,17H2,1H3,(H,27,28)/b22-14-. The number of carboxylic acid groups (broad SMARTS) is 1. The topological polar surface area (TPSA) is 46.5 Å². The molecule has 3 aromatic carbocycles. The molecule has 1 N–H and O–H groups in total. The Morgan fingerprint density at radius 2 is 1.80 bits per heavy atom. The van der Waals surface area contributed by atoms with Crippen LogP contribution in [0.25, 0.3) is 5.57 Å². The molecule has 0 radical (unpaired) electrons. The molecule has 3 nitrogen and oxygen atoms in total. The summed E-state index contributed by atoms with van der Waals surface area (Å²) in [4.78, 5) is 11.7. The quantitative estimate of drug-likeness (QED) is 0.344. The van der Waals surface area contributed by atoms with Gasteiger partial charge >= 0.3 is 5.97 Å². The smallest absolute Gasteiger partial charge is 0.341 e. The number of carbonyl (C=O) groups is 1. The van der Waals surface area contributed by atoms with E-state index in [9.17, 15) is 4.79 Å². The molecule has 30 heavy (non-hydrogen) atoms. The van der Waals surface area contributed by atoms with Crippen molar-refractivity contribution in [3.63, 3.8) is 0 Å². The lowest BCUT2D eigenvalue weighted by molar-refractivity contribution is -0.139. The van der Waals surface area contributed by atoms with E-state index in [-0.39, 0.29) is 6.61 Å². The van der Waals surface area contributed by atoms with Gasteiger partial charge in [-0.1, -0.05) is 67.6 Å². The maximum absolute atomic E-state index is 10.7. The number of aryl methyl sites for hydroxylation is 1. The van der Waals surface area contributed by atoms with Gasteiger partial charge < -0.3 is 9.84 Å². The monoisotopic (exact) mass is 482 g/mol. The van der Waals surface area contributed by atoms with Crippen LogP contribution in [0, 0.1) is 0 Å². The number of carboxylic acids is 1. The average molecular weight is 483 g/mol. The molecule has 0 amide bonds. The highest BCUT2D eigenvalue weighted by Gasteiger charge is 2.09. The molecule has 0 fully saturated rings. The minimum atomic E-state index is -0.990. The van der Waals surface area contributed by atoms with Gasteiger partial charge in [-0.2, -0.15) is 0 Å². The van der Waals surface area contributed by atoms with Crippen LogP contribution in [0.1, 0.15) is 23.6 Å². The lowest BCUT2D eigenvalue weighted by Gasteiger charge is -2.13. The first kappa shape index (κ1) is 22.2. The fourth-order valence-electron chi connectivity index (χ4n) is 3.14. The molecule has 0 aliphatic carbocycles. The Bertz CT molecular complexity index is 1030. The molecule has 0 aliphatic heterocycles. The minimum Gasteiger partial charge on any atom is -0.482 e. The van der Waals surface area contributed by atoms with E-state index in [1.54, 1.807) is 23.9 Å². The Labute approximate surface area is 189 Å². The number of halogens is 1. The van der Waals surface area contributed by atoms with E-state index < -0.39 is 5.97 Å². The van der Waals surface area contributed by atoms with Gasteiger partial charge in [-0.25, -0.2) is 4.79 Å². The fourth-order valence-corrected chi connectivity index (χ4v) is 4.63. The van der Waals surface area contributed by atoms with Gasteiger partial charge in [-0.15, -0.1) is 11.8 Å². The second-order valence-electron chi connectivity index (χ2n) is 6.58. The van der Waals surface area contributed by atoms with Crippen molar-refractivity contribution in [2.24, 2.45) is 0 Å². The summed E-state index contributed by atoms with van der Waals surface area (Å²) in [5, 5.41) is 8.74. The largest absolute Gasteiger partial charge is 0.482 e. The van der Waals surface area contributed by atoms with Crippen molar-refractivity contribution < 1.29 is 14.6 Å². The van der Waals surface area contributed by atoms with Crippen LogP contribution in [0.3, 0.4) is 0 Å². The molecule has 0 bridgehead atoms. The number of rotatable bonds is 9. The van der Waals surface area contributed by atoms with Gasteiger partial charge in [-0.05, 0) is 62.8 Å². The van der Waals surface area contributed by atoms with E-state index in [1.807, 2.05) is 12.1 Å². The highest BCUT2D eigenvalue weighted by Crippen LogP contribution is 2.33. The zero-order valence-electron chi connectivity index (χ0n) is 16.7. The average Bonchev–Trinajstić information content (AvgIpc) is 2.77. The van der Waals surface area contributed by atoms with Crippen molar-refractivity contribution in [1.29, 1.82) is 0 Å². The fraction of sp³-hybridized carbons (Fsp3) is 0.160. The van der Waals surface area contributed by atoms with Crippen LogP contribution in [0.4, 0.5) is 0 Å². The Morgan fingerprint density at radius 3 is 2.50 bits per heavy atom. The molecule has 5 heteroatoms. The van der Waals surface area contributed by atoms with Gasteiger partial charge in [0.2, 0.25) is 0 Å². The predicted octanol–water partition coefficient (Wildman–Crippen LogP) is 6.70. The normalized spacial score (nSPS) is 11.3. The van der Waals surface area contributed by atoms with Gasteiger partial charge in [-0.3, -0.25) is 0 Å². The summed E-state index contributed by atoms with van der Waals surface area (Å²) in [6.07, 6.45) is 3.26. The third-order valence-electron chi connectivity index (χ3n) is 4.57. The van der Waals surface area contributed by atoms with Gasteiger partial charge in [0, 0.05) is 15.1 Å². The number of hydrogen-bond acceptors (Lipinski definition) is 3. The Morgan fingerprint density at radius 1 is 1.07 bits per heavy atom. The lowest BCUT2D eigenvalue weighted by atomic mass is 9.93. The second kappa shape index (κ2) is 11.0. The molecule has 3 rings (SSSR count). The van der Waals surface area contributed by atoms with E-state index in [0.717, 1.165) is 21.5 Å². The van der Waals surface area contributed by atoms with E-state index in [2.05, 4.69) is 77.5 Å². The summed E-state index contributed by atoms with van der Waals surface area (Å²) in [5.74, 6) is 0.345. The molecule has 0 atom stereocenters. The molecule has 0 unspecified atom stereocenters. The zero-order chi connectivity index (χ0) is 21.3. The van der Waals surface area contributed by atoms with Gasteiger partial charge in [0.1, 0.15) is 5.75 Å². The molecule has 0 aliphatic rings. The Kier molecular flexibility index (Phi) is 8.17. The Balaban J connectivity index is 1.81. The third kappa shape index (κ3) is 6.00. The molecule has 0 aromatic heterocycles. The zero-order valence-corrected chi connectivity index (χ0v) is 19.1. The summed E-state index contributed by atoms with van der Waals surface area (Å²) < 4.78 is 6.12. The van der Waals surface area contributed by atoms with Crippen LogP contribution in [0.5, 0.6) is 5.75 Å². The first-order valence-corrected chi connectivity index (χ1v) is 11.5. The van der Waals surface area contributed by atoms with E-state index in [0.29, 0.717) is 5.75 Å². The number of thioether (sulfide) groups is 1.